The van der Waals surface area contributed by atoms with Gasteiger partial charge in [0.25, 0.3) is 5.91 Å². The molecular formula is C25H26N2O6. The average Bonchev–Trinajstić information content (AvgIpc) is 3.45. The first-order chi connectivity index (χ1) is 16.1. The van der Waals surface area contributed by atoms with Gasteiger partial charge < -0.3 is 30.0 Å². The Bertz CT molecular complexity index is 1060. The Labute approximate surface area is 191 Å². The number of aliphatic hydroxyl groups is 1. The minimum atomic E-state index is -0.651. The monoisotopic (exact) mass is 450 g/mol. The quantitative estimate of drug-likeness (QED) is 0.576. The van der Waals surface area contributed by atoms with Crippen molar-refractivity contribution in [1.82, 2.24) is 10.6 Å². The number of nitrogens with one attached hydrogen (secondary N) is 2. The van der Waals surface area contributed by atoms with Crippen LogP contribution in [0.2, 0.25) is 0 Å². The molecule has 0 fully saturated rings. The first-order valence-electron chi connectivity index (χ1n) is 11.1. The summed E-state index contributed by atoms with van der Waals surface area (Å²) in [6.07, 6.45) is 4.24. The zero-order chi connectivity index (χ0) is 22.8. The number of amides is 2. The number of hydrogen-bond acceptors (Lipinski definition) is 6. The smallest absolute Gasteiger partial charge is 0.251 e. The predicted octanol–water partition coefficient (Wildman–Crippen LogP) is 1.50. The van der Waals surface area contributed by atoms with Crippen LogP contribution in [0.1, 0.15) is 27.9 Å². The van der Waals surface area contributed by atoms with Crippen molar-refractivity contribution in [2.24, 2.45) is 0 Å². The fourth-order valence-corrected chi connectivity index (χ4v) is 4.54. The van der Waals surface area contributed by atoms with Crippen LogP contribution in [0, 0.1) is 0 Å². The summed E-state index contributed by atoms with van der Waals surface area (Å²) in [6, 6.07) is 12.7. The van der Waals surface area contributed by atoms with E-state index in [0.717, 1.165) is 12.8 Å². The van der Waals surface area contributed by atoms with Gasteiger partial charge in [-0.1, -0.05) is 36.4 Å². The Morgan fingerprint density at radius 1 is 0.970 bits per heavy atom. The van der Waals surface area contributed by atoms with E-state index < -0.39 is 18.2 Å². The summed E-state index contributed by atoms with van der Waals surface area (Å²) in [5.74, 6) is 0.709. The lowest BCUT2D eigenvalue weighted by atomic mass is 10.0. The lowest BCUT2D eigenvalue weighted by Gasteiger charge is -2.31. The predicted molar refractivity (Wildman–Crippen MR) is 119 cm³/mol. The van der Waals surface area contributed by atoms with Crippen LogP contribution in [0.25, 0.3) is 0 Å². The summed E-state index contributed by atoms with van der Waals surface area (Å²) >= 11 is 0. The fourth-order valence-electron chi connectivity index (χ4n) is 4.54. The molecule has 0 saturated carbocycles. The molecule has 33 heavy (non-hydrogen) atoms. The summed E-state index contributed by atoms with van der Waals surface area (Å²) in [7, 11) is 0. The number of rotatable bonds is 6. The minimum Gasteiger partial charge on any atom is -0.454 e. The molecule has 5 rings (SSSR count). The van der Waals surface area contributed by atoms with Crippen molar-refractivity contribution < 1.29 is 28.9 Å². The lowest BCUT2D eigenvalue weighted by Crippen LogP contribution is -2.49. The molecule has 0 spiro atoms. The highest BCUT2D eigenvalue weighted by molar-refractivity contribution is 5.95. The molecule has 3 aliphatic rings. The molecule has 0 aromatic heterocycles. The van der Waals surface area contributed by atoms with E-state index >= 15 is 0 Å². The molecule has 8 heteroatoms. The third-order valence-corrected chi connectivity index (χ3v) is 6.20. The fraction of sp³-hybridized carbons (Fsp3) is 0.360. The second kappa shape index (κ2) is 9.25. The van der Waals surface area contributed by atoms with Gasteiger partial charge in [-0.3, -0.25) is 9.59 Å². The number of carbonyl (C=O) groups excluding carboxylic acids is 2. The van der Waals surface area contributed by atoms with Crippen LogP contribution in [0.5, 0.6) is 11.5 Å². The zero-order valence-electron chi connectivity index (χ0n) is 18.0. The average molecular weight is 450 g/mol. The van der Waals surface area contributed by atoms with Crippen LogP contribution >= 0.6 is 0 Å². The van der Waals surface area contributed by atoms with Gasteiger partial charge in [0, 0.05) is 11.6 Å². The number of benzene rings is 2. The summed E-state index contributed by atoms with van der Waals surface area (Å²) in [5.41, 5.74) is 2.97. The van der Waals surface area contributed by atoms with E-state index in [1.165, 1.54) is 11.1 Å². The van der Waals surface area contributed by atoms with Gasteiger partial charge in [0.15, 0.2) is 11.5 Å². The summed E-state index contributed by atoms with van der Waals surface area (Å²) in [5, 5.41) is 15.8. The van der Waals surface area contributed by atoms with E-state index in [1.54, 1.807) is 30.4 Å². The SMILES string of the molecule is O=C(C[C@H]1C=C[C@@H](NC(=O)c2ccc3c(c2)OCO3)[C@H](CO)O1)NC1Cc2ccccc2C1. The zero-order valence-corrected chi connectivity index (χ0v) is 18.0. The van der Waals surface area contributed by atoms with Gasteiger partial charge in [-0.05, 0) is 42.2 Å². The molecule has 2 aliphatic heterocycles. The highest BCUT2D eigenvalue weighted by Gasteiger charge is 2.30. The molecule has 0 bridgehead atoms. The maximum absolute atomic E-state index is 12.7. The maximum atomic E-state index is 12.7. The Kier molecular flexibility index (Phi) is 6.02. The van der Waals surface area contributed by atoms with E-state index in [0.29, 0.717) is 17.1 Å². The van der Waals surface area contributed by atoms with Gasteiger partial charge in [-0.2, -0.15) is 0 Å². The highest BCUT2D eigenvalue weighted by atomic mass is 16.7. The highest BCUT2D eigenvalue weighted by Crippen LogP contribution is 2.32. The van der Waals surface area contributed by atoms with Crippen LogP contribution in [0.3, 0.4) is 0 Å². The second-order valence-corrected chi connectivity index (χ2v) is 8.49. The molecule has 2 heterocycles. The van der Waals surface area contributed by atoms with Crippen LogP contribution in [-0.2, 0) is 22.4 Å². The number of aliphatic hydroxyl groups excluding tert-OH is 1. The number of carbonyl (C=O) groups is 2. The molecule has 2 amide bonds. The maximum Gasteiger partial charge on any atom is 0.251 e. The first kappa shape index (κ1) is 21.5. The third-order valence-electron chi connectivity index (χ3n) is 6.20. The van der Waals surface area contributed by atoms with E-state index in [-0.39, 0.29) is 37.7 Å². The van der Waals surface area contributed by atoms with Crippen LogP contribution in [0.4, 0.5) is 0 Å². The van der Waals surface area contributed by atoms with Gasteiger partial charge in [0.2, 0.25) is 12.7 Å². The van der Waals surface area contributed by atoms with Crippen molar-refractivity contribution in [2.75, 3.05) is 13.4 Å². The van der Waals surface area contributed by atoms with Crippen molar-refractivity contribution in [1.29, 1.82) is 0 Å². The Morgan fingerprint density at radius 2 is 1.73 bits per heavy atom. The molecule has 2 aromatic rings. The number of fused-ring (bicyclic) bond motifs is 2. The van der Waals surface area contributed by atoms with Crippen LogP contribution in [-0.4, -0.2) is 54.6 Å². The standard InChI is InChI=1S/C25H26N2O6/c28-13-23-20(27-25(30)17-5-8-21-22(11-17)32-14-31-21)7-6-19(33-23)12-24(29)26-18-9-15-3-1-2-4-16(15)10-18/h1-8,11,18-20,23,28H,9-10,12-14H2,(H,26,29)(H,27,30)/t19-,20-,23+/m1/s1. The van der Waals surface area contributed by atoms with Crippen molar-refractivity contribution >= 4 is 11.8 Å². The summed E-state index contributed by atoms with van der Waals surface area (Å²) < 4.78 is 16.5. The van der Waals surface area contributed by atoms with Crippen molar-refractivity contribution in [3.63, 3.8) is 0 Å². The van der Waals surface area contributed by atoms with Crippen molar-refractivity contribution in [2.45, 2.75) is 43.6 Å². The normalized spacial score (nSPS) is 23.2. The second-order valence-electron chi connectivity index (χ2n) is 8.49. The van der Waals surface area contributed by atoms with Crippen LogP contribution < -0.4 is 20.1 Å². The van der Waals surface area contributed by atoms with E-state index in [2.05, 4.69) is 22.8 Å². The molecule has 8 nitrogen and oxygen atoms in total. The molecule has 0 saturated heterocycles. The molecule has 3 atom stereocenters. The minimum absolute atomic E-state index is 0.0878. The first-order valence-corrected chi connectivity index (χ1v) is 11.1. The lowest BCUT2D eigenvalue weighted by molar-refractivity contribution is -0.126. The number of hydrogen-bond donors (Lipinski definition) is 3. The summed E-state index contributed by atoms with van der Waals surface area (Å²) in [4.78, 5) is 25.2. The molecule has 3 N–H and O–H groups in total. The summed E-state index contributed by atoms with van der Waals surface area (Å²) in [6.45, 7) is -0.151. The topological polar surface area (TPSA) is 106 Å². The van der Waals surface area contributed by atoms with Gasteiger partial charge >= 0.3 is 0 Å². The molecule has 0 radical (unpaired) electrons. The molecule has 0 unspecified atom stereocenters. The van der Waals surface area contributed by atoms with Gasteiger partial charge in [-0.15, -0.1) is 0 Å². The van der Waals surface area contributed by atoms with Gasteiger partial charge in [-0.25, -0.2) is 0 Å². The van der Waals surface area contributed by atoms with E-state index in [4.69, 9.17) is 14.2 Å². The van der Waals surface area contributed by atoms with Crippen molar-refractivity contribution in [3.05, 3.63) is 71.3 Å². The molecule has 172 valence electrons. The van der Waals surface area contributed by atoms with Crippen molar-refractivity contribution in [3.8, 4) is 11.5 Å². The largest absolute Gasteiger partial charge is 0.454 e. The van der Waals surface area contributed by atoms with E-state index in [9.17, 15) is 14.7 Å². The van der Waals surface area contributed by atoms with Gasteiger partial charge in [0.05, 0.1) is 25.2 Å². The third kappa shape index (κ3) is 4.72. The van der Waals surface area contributed by atoms with Crippen LogP contribution in [0.15, 0.2) is 54.6 Å². The Hall–Kier alpha value is -3.36. The molecule has 2 aromatic carbocycles. The molecule has 1 aliphatic carbocycles. The number of ether oxygens (including phenoxy) is 3. The molecular weight excluding hydrogens is 424 g/mol. The Balaban J connectivity index is 1.15. The van der Waals surface area contributed by atoms with E-state index in [1.807, 2.05) is 12.1 Å². The van der Waals surface area contributed by atoms with Gasteiger partial charge in [0.1, 0.15) is 6.10 Å². The Morgan fingerprint density at radius 3 is 2.48 bits per heavy atom.